The summed E-state index contributed by atoms with van der Waals surface area (Å²) in [7, 11) is -8.11. The van der Waals surface area contributed by atoms with E-state index in [-0.39, 0.29) is 43.4 Å². The smallest absolute Gasteiger partial charge is 0.0888 e. The fraction of sp³-hybridized carbons (Fsp3) is 0.571. The van der Waals surface area contributed by atoms with Crippen LogP contribution in [0.5, 0.6) is 0 Å². The van der Waals surface area contributed by atoms with Gasteiger partial charge in [0.05, 0.1) is 20.0 Å². The monoisotopic (exact) mass is 420 g/mol. The Morgan fingerprint density at radius 1 is 0.955 bits per heavy atom. The SMILES string of the molecule is CCCCCCCCS(=O)(=O)[N-]S(=O)(=O)c1cc[c-]cc1.[Y]. The van der Waals surface area contributed by atoms with Crippen molar-refractivity contribution in [2.24, 2.45) is 0 Å². The van der Waals surface area contributed by atoms with E-state index in [0.29, 0.717) is 6.42 Å². The predicted molar refractivity (Wildman–Crippen MR) is 83.0 cm³/mol. The van der Waals surface area contributed by atoms with Gasteiger partial charge in [-0.1, -0.05) is 43.9 Å². The van der Waals surface area contributed by atoms with Crippen LogP contribution < -0.4 is 0 Å². The zero-order valence-electron chi connectivity index (χ0n) is 12.7. The molecule has 0 fully saturated rings. The van der Waals surface area contributed by atoms with Gasteiger partial charge in [0.1, 0.15) is 0 Å². The van der Waals surface area contributed by atoms with Crippen LogP contribution in [0.3, 0.4) is 0 Å². The molecule has 0 N–H and O–H groups in total. The second-order valence-electron chi connectivity index (χ2n) is 4.84. The van der Waals surface area contributed by atoms with E-state index in [1.54, 1.807) is 0 Å². The van der Waals surface area contributed by atoms with E-state index in [0.717, 1.165) is 32.1 Å². The van der Waals surface area contributed by atoms with Crippen molar-refractivity contribution in [1.82, 2.24) is 0 Å². The van der Waals surface area contributed by atoms with Crippen molar-refractivity contribution in [3.8, 4) is 0 Å². The van der Waals surface area contributed by atoms with Gasteiger partial charge in [-0.05, 0) is 6.42 Å². The molecule has 1 aromatic rings. The number of hydrogen-bond acceptors (Lipinski definition) is 4. The molecule has 1 aromatic carbocycles. The Kier molecular flexibility index (Phi) is 11.0. The second kappa shape index (κ2) is 10.9. The summed E-state index contributed by atoms with van der Waals surface area (Å²) in [5.41, 5.74) is 0. The molecule has 0 bridgehead atoms. The van der Waals surface area contributed by atoms with Crippen molar-refractivity contribution >= 4 is 20.0 Å². The number of hydrogen-bond donors (Lipinski definition) is 0. The molecule has 0 aromatic heterocycles. The van der Waals surface area contributed by atoms with Crippen molar-refractivity contribution in [3.63, 3.8) is 0 Å². The van der Waals surface area contributed by atoms with Crippen LogP contribution in [0, 0.1) is 6.07 Å². The van der Waals surface area contributed by atoms with E-state index in [4.69, 9.17) is 0 Å². The Balaban J connectivity index is 0.00000441. The first-order valence-corrected chi connectivity index (χ1v) is 10.1. The van der Waals surface area contributed by atoms with Crippen LogP contribution >= 0.6 is 0 Å². The normalized spacial score (nSPS) is 11.9. The molecular formula is C14H21NO4S2Y-2. The average Bonchev–Trinajstić information content (AvgIpc) is 2.42. The summed E-state index contributed by atoms with van der Waals surface area (Å²) in [6, 6.07) is 8.04. The van der Waals surface area contributed by atoms with Crippen LogP contribution in [0.4, 0.5) is 0 Å². The van der Waals surface area contributed by atoms with E-state index in [9.17, 15) is 16.8 Å². The molecular weight excluding hydrogens is 399 g/mol. The molecule has 0 heterocycles. The Morgan fingerprint density at radius 3 is 2.09 bits per heavy atom. The molecule has 1 rings (SSSR count). The summed E-state index contributed by atoms with van der Waals surface area (Å²) in [6.45, 7) is 2.11. The first-order valence-electron chi connectivity index (χ1n) is 7.05. The molecule has 0 amide bonds. The van der Waals surface area contributed by atoms with Crippen LogP contribution in [-0.2, 0) is 52.8 Å². The molecule has 123 valence electrons. The Labute approximate surface area is 159 Å². The average molecular weight is 420 g/mol. The van der Waals surface area contributed by atoms with Gasteiger partial charge in [0.2, 0.25) is 0 Å². The van der Waals surface area contributed by atoms with Crippen LogP contribution in [0.1, 0.15) is 45.4 Å². The largest absolute Gasteiger partial charge is 0.434 e. The summed E-state index contributed by atoms with van der Waals surface area (Å²) in [5, 5.41) is 0. The van der Waals surface area contributed by atoms with Crippen LogP contribution in [-0.4, -0.2) is 22.6 Å². The number of sulfonamides is 2. The molecule has 0 saturated carbocycles. The van der Waals surface area contributed by atoms with Crippen LogP contribution in [0.2, 0.25) is 0 Å². The quantitative estimate of drug-likeness (QED) is 0.430. The summed E-state index contributed by atoms with van der Waals surface area (Å²) >= 11 is 0. The van der Waals surface area contributed by atoms with Gasteiger partial charge in [0.15, 0.2) is 0 Å². The maximum Gasteiger partial charge on any atom is 0.0888 e. The summed E-state index contributed by atoms with van der Waals surface area (Å²) < 4.78 is 50.3. The molecule has 0 aliphatic heterocycles. The van der Waals surface area contributed by atoms with E-state index in [1.807, 2.05) is 0 Å². The zero-order valence-corrected chi connectivity index (χ0v) is 17.2. The molecule has 5 nitrogen and oxygen atoms in total. The first kappa shape index (κ1) is 22.2. The van der Waals surface area contributed by atoms with Crippen molar-refractivity contribution < 1.29 is 49.5 Å². The van der Waals surface area contributed by atoms with Crippen molar-refractivity contribution in [2.45, 2.75) is 50.3 Å². The van der Waals surface area contributed by atoms with Gasteiger partial charge in [-0.25, -0.2) is 16.8 Å². The minimum Gasteiger partial charge on any atom is -0.434 e. The molecule has 0 spiro atoms. The standard InChI is InChI=1S/C14H21NO4S2.Y/c1-2-3-4-5-6-10-13-20(16,17)15-21(18,19)14-11-8-7-9-12-14;/h8-9,11-12H,2-6,10,13H2,1H3;/q-2;. The van der Waals surface area contributed by atoms with Gasteiger partial charge < -0.3 is 4.13 Å². The van der Waals surface area contributed by atoms with Crippen molar-refractivity contribution in [2.75, 3.05) is 5.75 Å². The van der Waals surface area contributed by atoms with Crippen LogP contribution in [0.25, 0.3) is 4.13 Å². The number of rotatable bonds is 10. The van der Waals surface area contributed by atoms with Crippen molar-refractivity contribution in [1.29, 1.82) is 0 Å². The fourth-order valence-electron chi connectivity index (χ4n) is 1.84. The second-order valence-corrected chi connectivity index (χ2v) is 8.43. The minimum absolute atomic E-state index is 0. The molecule has 0 aliphatic carbocycles. The first-order chi connectivity index (χ1) is 9.87. The molecule has 1 radical (unpaired) electrons. The maximum absolute atomic E-state index is 11.9. The maximum atomic E-state index is 11.9. The number of unbranched alkanes of at least 4 members (excludes halogenated alkanes) is 5. The summed E-state index contributed by atoms with van der Waals surface area (Å²) in [6.07, 6.45) is 5.51. The third kappa shape index (κ3) is 8.72. The number of nitrogens with zero attached hydrogens (tertiary/aromatic N) is 1. The summed E-state index contributed by atoms with van der Waals surface area (Å²) in [5.74, 6) is -0.225. The topological polar surface area (TPSA) is 82.4 Å². The van der Waals surface area contributed by atoms with Gasteiger partial charge in [-0.15, -0.1) is 0 Å². The fourth-order valence-corrected chi connectivity index (χ4v) is 4.73. The Morgan fingerprint density at radius 2 is 1.50 bits per heavy atom. The van der Waals surface area contributed by atoms with Gasteiger partial charge >= 0.3 is 0 Å². The zero-order chi connectivity index (χ0) is 15.8. The minimum atomic E-state index is -4.15. The van der Waals surface area contributed by atoms with E-state index in [1.165, 1.54) is 24.3 Å². The van der Waals surface area contributed by atoms with Gasteiger partial charge in [-0.3, -0.25) is 0 Å². The molecule has 0 aliphatic rings. The Hall–Kier alpha value is 0.184. The molecule has 0 saturated heterocycles. The van der Waals surface area contributed by atoms with Crippen LogP contribution in [0.15, 0.2) is 29.2 Å². The number of benzene rings is 1. The van der Waals surface area contributed by atoms with Gasteiger partial charge in [-0.2, -0.15) is 30.3 Å². The molecule has 8 heteroatoms. The van der Waals surface area contributed by atoms with Crippen molar-refractivity contribution in [3.05, 3.63) is 34.5 Å². The molecule has 0 unspecified atom stereocenters. The molecule has 22 heavy (non-hydrogen) atoms. The molecule has 0 atom stereocenters. The van der Waals surface area contributed by atoms with E-state index in [2.05, 4.69) is 17.1 Å². The Bertz CT molecular complexity index is 616. The third-order valence-electron chi connectivity index (χ3n) is 2.95. The summed E-state index contributed by atoms with van der Waals surface area (Å²) in [4.78, 5) is -0.132. The van der Waals surface area contributed by atoms with E-state index < -0.39 is 20.0 Å². The predicted octanol–water partition coefficient (Wildman–Crippen LogP) is 3.24. The third-order valence-corrected chi connectivity index (χ3v) is 6.32. The van der Waals surface area contributed by atoms with Gasteiger partial charge in [0, 0.05) is 38.5 Å². The van der Waals surface area contributed by atoms with Gasteiger partial charge in [0.25, 0.3) is 0 Å². The van der Waals surface area contributed by atoms with E-state index >= 15 is 0 Å².